The van der Waals surface area contributed by atoms with Gasteiger partial charge in [-0.15, -0.1) is 11.3 Å². The predicted molar refractivity (Wildman–Crippen MR) is 155 cm³/mol. The maximum Gasteiger partial charge on any atom is 0.267 e. The summed E-state index contributed by atoms with van der Waals surface area (Å²) in [5.41, 5.74) is 5.63. The van der Waals surface area contributed by atoms with E-state index in [-0.39, 0.29) is 17.2 Å². The Kier molecular flexibility index (Phi) is 8.39. The normalized spacial score (nSPS) is 11.2. The Balaban J connectivity index is 1.71. The number of thiophene rings is 1. The summed E-state index contributed by atoms with van der Waals surface area (Å²) in [6, 6.07) is 11.5. The summed E-state index contributed by atoms with van der Waals surface area (Å²) in [6.07, 6.45) is 1.91. The van der Waals surface area contributed by atoms with Gasteiger partial charge in [0.15, 0.2) is 5.16 Å². The van der Waals surface area contributed by atoms with Gasteiger partial charge in [-0.1, -0.05) is 42.8 Å². The molecule has 2 heterocycles. The number of carbonyl (C=O) groups is 1. The van der Waals surface area contributed by atoms with Crippen LogP contribution >= 0.6 is 23.1 Å². The van der Waals surface area contributed by atoms with Crippen LogP contribution in [0.15, 0.2) is 46.3 Å². The highest BCUT2D eigenvalue weighted by Gasteiger charge is 2.20. The summed E-state index contributed by atoms with van der Waals surface area (Å²) >= 11 is 2.84. The number of hydrogen-bond donors (Lipinski definition) is 1. The smallest absolute Gasteiger partial charge is 0.267 e. The molecule has 194 valence electrons. The second-order valence-electron chi connectivity index (χ2n) is 9.15. The lowest BCUT2D eigenvalue weighted by Gasteiger charge is -2.14. The Labute approximate surface area is 226 Å². The summed E-state index contributed by atoms with van der Waals surface area (Å²) in [6.45, 7) is 12.7. The zero-order valence-corrected chi connectivity index (χ0v) is 23.9. The lowest BCUT2D eigenvalue weighted by atomic mass is 10.1. The number of nitrogens with one attached hydrogen (secondary N) is 1. The van der Waals surface area contributed by atoms with E-state index in [1.54, 1.807) is 15.9 Å². The van der Waals surface area contributed by atoms with E-state index in [2.05, 4.69) is 24.4 Å². The van der Waals surface area contributed by atoms with Gasteiger partial charge in [0, 0.05) is 10.6 Å². The zero-order chi connectivity index (χ0) is 26.7. The van der Waals surface area contributed by atoms with E-state index < -0.39 is 0 Å². The van der Waals surface area contributed by atoms with Crippen LogP contribution in [0.25, 0.3) is 15.9 Å². The molecule has 0 atom stereocenters. The zero-order valence-electron chi connectivity index (χ0n) is 22.2. The van der Waals surface area contributed by atoms with Crippen molar-refractivity contribution in [2.45, 2.75) is 59.5 Å². The van der Waals surface area contributed by atoms with Crippen LogP contribution in [0.1, 0.15) is 47.4 Å². The van der Waals surface area contributed by atoms with Gasteiger partial charge in [-0.05, 0) is 82.0 Å². The summed E-state index contributed by atoms with van der Waals surface area (Å²) < 4.78 is 7.20. The molecule has 4 aromatic rings. The first-order valence-corrected chi connectivity index (χ1v) is 14.3. The van der Waals surface area contributed by atoms with Gasteiger partial charge < -0.3 is 10.1 Å². The third-order valence-electron chi connectivity index (χ3n) is 6.19. The number of rotatable bonds is 9. The van der Waals surface area contributed by atoms with E-state index in [1.807, 2.05) is 58.9 Å². The Hall–Kier alpha value is -3.10. The van der Waals surface area contributed by atoms with Crippen molar-refractivity contribution in [3.63, 3.8) is 0 Å². The molecule has 0 aliphatic heterocycles. The third-order valence-corrected chi connectivity index (χ3v) is 8.37. The van der Waals surface area contributed by atoms with Crippen molar-refractivity contribution < 1.29 is 9.53 Å². The van der Waals surface area contributed by atoms with Gasteiger partial charge >= 0.3 is 0 Å². The first-order valence-electron chi connectivity index (χ1n) is 12.5. The summed E-state index contributed by atoms with van der Waals surface area (Å²) in [5, 5.41) is 4.20. The van der Waals surface area contributed by atoms with Crippen LogP contribution in [0, 0.1) is 27.7 Å². The van der Waals surface area contributed by atoms with Crippen molar-refractivity contribution in [1.29, 1.82) is 0 Å². The average Bonchev–Trinajstić information content (AvgIpc) is 3.16. The Morgan fingerprint density at radius 1 is 1.08 bits per heavy atom. The van der Waals surface area contributed by atoms with Gasteiger partial charge in [-0.25, -0.2) is 4.98 Å². The van der Waals surface area contributed by atoms with Crippen molar-refractivity contribution in [1.82, 2.24) is 9.55 Å². The molecule has 1 amide bonds. The number of aromatic nitrogens is 2. The third kappa shape index (κ3) is 5.75. The van der Waals surface area contributed by atoms with Crippen molar-refractivity contribution in [2.75, 3.05) is 17.7 Å². The Morgan fingerprint density at radius 2 is 1.76 bits per heavy atom. The quantitative estimate of drug-likeness (QED) is 0.189. The predicted octanol–water partition coefficient (Wildman–Crippen LogP) is 6.76. The van der Waals surface area contributed by atoms with Gasteiger partial charge in [0.2, 0.25) is 5.91 Å². The van der Waals surface area contributed by atoms with E-state index in [0.29, 0.717) is 22.8 Å². The molecule has 0 fully saturated rings. The molecule has 0 spiro atoms. The molecule has 2 aromatic carbocycles. The van der Waals surface area contributed by atoms with Crippen LogP contribution in [0.4, 0.5) is 5.69 Å². The molecular weight excluding hydrogens is 502 g/mol. The second kappa shape index (κ2) is 11.5. The lowest BCUT2D eigenvalue weighted by molar-refractivity contribution is -0.113. The van der Waals surface area contributed by atoms with Gasteiger partial charge in [0.05, 0.1) is 23.4 Å². The number of benzene rings is 2. The first-order chi connectivity index (χ1) is 17.7. The van der Waals surface area contributed by atoms with E-state index in [9.17, 15) is 9.59 Å². The second-order valence-corrected chi connectivity index (χ2v) is 11.2. The summed E-state index contributed by atoms with van der Waals surface area (Å²) in [5.74, 6) is 0.734. The molecule has 8 heteroatoms. The number of aryl methyl sites for hydroxylation is 5. The minimum atomic E-state index is -0.137. The van der Waals surface area contributed by atoms with Crippen molar-refractivity contribution in [2.24, 2.45) is 0 Å². The molecule has 0 aliphatic carbocycles. The average molecular weight is 536 g/mol. The largest absolute Gasteiger partial charge is 0.494 e. The minimum Gasteiger partial charge on any atom is -0.494 e. The number of hydrogen-bond acceptors (Lipinski definition) is 6. The molecule has 6 nitrogen and oxygen atoms in total. The topological polar surface area (TPSA) is 73.2 Å². The van der Waals surface area contributed by atoms with Gasteiger partial charge in [0.25, 0.3) is 5.56 Å². The SMILES string of the molecule is CCCc1sc2nc(SCC(=O)Nc3c(C)cc(C)cc3C)n(-c3ccc(OCC)cc3)c(=O)c2c1C. The van der Waals surface area contributed by atoms with Gasteiger partial charge in [-0.2, -0.15) is 0 Å². The standard InChI is InChI=1S/C29H33N3O3S2/c1-7-9-23-20(6)25-27(37-23)31-29(32(28(25)34)21-10-12-22(13-11-21)35-8-2)36-16-24(33)30-26-18(4)14-17(3)15-19(26)5/h10-15H,7-9,16H2,1-6H3,(H,30,33). The van der Waals surface area contributed by atoms with E-state index in [4.69, 9.17) is 9.72 Å². The molecule has 2 aromatic heterocycles. The van der Waals surface area contributed by atoms with Crippen LogP contribution in [-0.2, 0) is 11.2 Å². The number of carbonyl (C=O) groups excluding carboxylic acids is 1. The highest BCUT2D eigenvalue weighted by molar-refractivity contribution is 7.99. The minimum absolute atomic E-state index is 0.113. The fourth-order valence-electron chi connectivity index (χ4n) is 4.54. The van der Waals surface area contributed by atoms with Gasteiger partial charge in [-0.3, -0.25) is 14.2 Å². The van der Waals surface area contributed by atoms with Gasteiger partial charge in [0.1, 0.15) is 10.6 Å². The number of thioether (sulfide) groups is 1. The summed E-state index contributed by atoms with van der Waals surface area (Å²) in [4.78, 5) is 33.6. The first kappa shape index (κ1) is 26.9. The molecule has 0 unspecified atom stereocenters. The monoisotopic (exact) mass is 535 g/mol. The Bertz CT molecular complexity index is 1480. The molecule has 0 saturated carbocycles. The number of nitrogens with zero attached hydrogens (tertiary/aromatic N) is 2. The van der Waals surface area contributed by atoms with E-state index >= 15 is 0 Å². The number of amides is 1. The van der Waals surface area contributed by atoms with E-state index in [0.717, 1.165) is 51.4 Å². The maximum atomic E-state index is 13.8. The highest BCUT2D eigenvalue weighted by atomic mass is 32.2. The molecular formula is C29H33N3O3S2. The molecule has 0 radical (unpaired) electrons. The molecule has 4 rings (SSSR count). The van der Waals surface area contributed by atoms with E-state index in [1.165, 1.54) is 16.6 Å². The molecule has 0 bridgehead atoms. The molecule has 1 N–H and O–H groups in total. The lowest BCUT2D eigenvalue weighted by Crippen LogP contribution is -2.23. The van der Waals surface area contributed by atoms with Crippen LogP contribution in [-0.4, -0.2) is 27.8 Å². The van der Waals surface area contributed by atoms with Crippen LogP contribution < -0.4 is 15.6 Å². The van der Waals surface area contributed by atoms with Crippen molar-refractivity contribution >= 4 is 44.9 Å². The maximum absolute atomic E-state index is 13.8. The Morgan fingerprint density at radius 3 is 2.38 bits per heavy atom. The fraction of sp³-hybridized carbons (Fsp3) is 0.345. The summed E-state index contributed by atoms with van der Waals surface area (Å²) in [7, 11) is 0. The van der Waals surface area contributed by atoms with Crippen molar-refractivity contribution in [3.05, 3.63) is 73.9 Å². The van der Waals surface area contributed by atoms with Crippen LogP contribution in [0.2, 0.25) is 0 Å². The van der Waals surface area contributed by atoms with Crippen molar-refractivity contribution in [3.8, 4) is 11.4 Å². The number of fused-ring (bicyclic) bond motifs is 1. The fourth-order valence-corrected chi connectivity index (χ4v) is 6.67. The van der Waals surface area contributed by atoms with Crippen LogP contribution in [0.3, 0.4) is 0 Å². The highest BCUT2D eigenvalue weighted by Crippen LogP contribution is 2.31. The molecule has 37 heavy (non-hydrogen) atoms. The molecule has 0 aliphatic rings. The number of ether oxygens (including phenoxy) is 1. The molecule has 0 saturated heterocycles. The number of anilines is 1. The van der Waals surface area contributed by atoms with Crippen LogP contribution in [0.5, 0.6) is 5.75 Å².